The van der Waals surface area contributed by atoms with E-state index in [2.05, 4.69) is 10.2 Å². The maximum atomic E-state index is 10.9. The molecule has 2 rings (SSSR count). The molecule has 0 saturated heterocycles. The molecule has 2 heterocycles. The number of aromatic carboxylic acids is 1. The Morgan fingerprint density at radius 2 is 2.19 bits per heavy atom. The van der Waals surface area contributed by atoms with Crippen molar-refractivity contribution >= 4 is 12.1 Å². The summed E-state index contributed by atoms with van der Waals surface area (Å²) >= 11 is 0. The van der Waals surface area contributed by atoms with Gasteiger partial charge in [-0.25, -0.2) is 9.59 Å². The number of nitrogens with one attached hydrogen (secondary N) is 1. The lowest BCUT2D eigenvalue weighted by atomic mass is 9.97. The second-order valence-electron chi connectivity index (χ2n) is 3.83. The van der Waals surface area contributed by atoms with Crippen molar-refractivity contribution in [2.75, 3.05) is 6.54 Å². The number of aromatic nitrogens is 2. The highest BCUT2D eigenvalue weighted by Crippen LogP contribution is 2.28. The number of amides is 1. The number of nitrogens with zero attached hydrogens (tertiary/aromatic N) is 2. The van der Waals surface area contributed by atoms with Crippen molar-refractivity contribution in [3.05, 3.63) is 17.0 Å². The molecule has 7 heteroatoms. The third kappa shape index (κ3) is 1.50. The zero-order chi connectivity index (χ0) is 11.9. The molecule has 1 unspecified atom stereocenters. The van der Waals surface area contributed by atoms with Crippen molar-refractivity contribution in [3.8, 4) is 0 Å². The van der Waals surface area contributed by atoms with E-state index in [-0.39, 0.29) is 18.2 Å². The Balaban J connectivity index is 2.42. The summed E-state index contributed by atoms with van der Waals surface area (Å²) in [7, 11) is 0. The Morgan fingerprint density at radius 3 is 2.75 bits per heavy atom. The van der Waals surface area contributed by atoms with Gasteiger partial charge in [-0.15, -0.1) is 0 Å². The van der Waals surface area contributed by atoms with Crippen LogP contribution in [0.2, 0.25) is 0 Å². The summed E-state index contributed by atoms with van der Waals surface area (Å²) < 4.78 is 0. The monoisotopic (exact) mass is 225 g/mol. The van der Waals surface area contributed by atoms with Crippen LogP contribution in [-0.4, -0.2) is 43.9 Å². The molecule has 1 amide bonds. The molecule has 0 aromatic carbocycles. The van der Waals surface area contributed by atoms with Gasteiger partial charge in [-0.05, 0) is 0 Å². The van der Waals surface area contributed by atoms with Crippen LogP contribution in [0, 0.1) is 0 Å². The number of aromatic amines is 1. The van der Waals surface area contributed by atoms with E-state index in [9.17, 15) is 9.59 Å². The molecule has 16 heavy (non-hydrogen) atoms. The smallest absolute Gasteiger partial charge is 0.407 e. The number of carboxylic acids is 1. The quantitative estimate of drug-likeness (QED) is 0.652. The Labute approximate surface area is 90.7 Å². The van der Waals surface area contributed by atoms with Gasteiger partial charge in [0.25, 0.3) is 0 Å². The van der Waals surface area contributed by atoms with E-state index < -0.39 is 12.1 Å². The molecular weight excluding hydrogens is 214 g/mol. The first-order valence-electron chi connectivity index (χ1n) is 4.79. The first kappa shape index (κ1) is 10.5. The molecule has 1 aliphatic heterocycles. The second kappa shape index (κ2) is 3.51. The van der Waals surface area contributed by atoms with E-state index >= 15 is 0 Å². The number of carbonyl (C=O) groups is 2. The van der Waals surface area contributed by atoms with Gasteiger partial charge in [-0.3, -0.25) is 5.10 Å². The molecule has 86 valence electrons. The van der Waals surface area contributed by atoms with Crippen LogP contribution in [-0.2, 0) is 6.54 Å². The topological polar surface area (TPSA) is 107 Å². The van der Waals surface area contributed by atoms with E-state index in [4.69, 9.17) is 10.2 Å². The van der Waals surface area contributed by atoms with Crippen LogP contribution in [0.5, 0.6) is 0 Å². The van der Waals surface area contributed by atoms with E-state index in [0.717, 1.165) is 5.69 Å². The highest BCUT2D eigenvalue weighted by Gasteiger charge is 2.31. The Hall–Kier alpha value is -2.05. The molecule has 1 aromatic rings. The van der Waals surface area contributed by atoms with Gasteiger partial charge < -0.3 is 15.1 Å². The normalized spacial score (nSPS) is 19.3. The van der Waals surface area contributed by atoms with Crippen molar-refractivity contribution in [2.24, 2.45) is 0 Å². The Kier molecular flexibility index (Phi) is 2.30. The van der Waals surface area contributed by atoms with Crippen molar-refractivity contribution in [3.63, 3.8) is 0 Å². The summed E-state index contributed by atoms with van der Waals surface area (Å²) in [5.74, 6) is -1.21. The van der Waals surface area contributed by atoms with Crippen LogP contribution in [0.15, 0.2) is 0 Å². The van der Waals surface area contributed by atoms with Gasteiger partial charge in [0.1, 0.15) is 0 Å². The first-order chi connectivity index (χ1) is 7.50. The van der Waals surface area contributed by atoms with Crippen LogP contribution in [0.25, 0.3) is 0 Å². The number of hydrogen-bond donors (Lipinski definition) is 3. The third-order valence-corrected chi connectivity index (χ3v) is 2.71. The summed E-state index contributed by atoms with van der Waals surface area (Å²) in [6.07, 6.45) is -1.05. The van der Waals surface area contributed by atoms with Gasteiger partial charge in [0.2, 0.25) is 0 Å². The number of carboxylic acid groups (broad SMARTS) is 2. The molecule has 7 nitrogen and oxygen atoms in total. The predicted octanol–water partition coefficient (Wildman–Crippen LogP) is 0.705. The molecule has 3 N–H and O–H groups in total. The Bertz CT molecular complexity index is 454. The van der Waals surface area contributed by atoms with Gasteiger partial charge in [0.15, 0.2) is 5.69 Å². The minimum atomic E-state index is -1.14. The van der Waals surface area contributed by atoms with Crippen molar-refractivity contribution < 1.29 is 19.8 Å². The molecule has 0 fully saturated rings. The fraction of sp³-hybridized carbons (Fsp3) is 0.444. The van der Waals surface area contributed by atoms with Gasteiger partial charge in [0.05, 0.1) is 6.54 Å². The minimum absolute atomic E-state index is 0.0690. The van der Waals surface area contributed by atoms with Crippen molar-refractivity contribution in [1.82, 2.24) is 15.1 Å². The molecule has 0 bridgehead atoms. The fourth-order valence-electron chi connectivity index (χ4n) is 1.95. The van der Waals surface area contributed by atoms with Crippen molar-refractivity contribution in [1.29, 1.82) is 0 Å². The lowest BCUT2D eigenvalue weighted by Gasteiger charge is -2.28. The Morgan fingerprint density at radius 1 is 1.50 bits per heavy atom. The van der Waals surface area contributed by atoms with E-state index in [0.29, 0.717) is 12.1 Å². The average Bonchev–Trinajstić information content (AvgIpc) is 2.61. The molecule has 0 saturated carbocycles. The number of hydrogen-bond acceptors (Lipinski definition) is 3. The SMILES string of the molecule is CC1CN(C(=O)O)Cc2c(C(=O)O)n[nH]c21. The fourth-order valence-corrected chi connectivity index (χ4v) is 1.95. The van der Waals surface area contributed by atoms with Crippen LogP contribution in [0.1, 0.15) is 34.6 Å². The van der Waals surface area contributed by atoms with Gasteiger partial charge >= 0.3 is 12.1 Å². The largest absolute Gasteiger partial charge is 0.476 e. The maximum absolute atomic E-state index is 10.9. The predicted molar refractivity (Wildman–Crippen MR) is 52.4 cm³/mol. The molecule has 0 radical (unpaired) electrons. The summed E-state index contributed by atoms with van der Waals surface area (Å²) in [4.78, 5) is 22.9. The highest BCUT2D eigenvalue weighted by molar-refractivity contribution is 5.87. The van der Waals surface area contributed by atoms with Gasteiger partial charge in [0, 0.05) is 23.7 Å². The highest BCUT2D eigenvalue weighted by atomic mass is 16.4. The van der Waals surface area contributed by atoms with Crippen LogP contribution >= 0.6 is 0 Å². The number of H-pyrrole nitrogens is 1. The van der Waals surface area contributed by atoms with E-state index in [1.165, 1.54) is 4.90 Å². The van der Waals surface area contributed by atoms with Crippen molar-refractivity contribution in [2.45, 2.75) is 19.4 Å². The van der Waals surface area contributed by atoms with Gasteiger partial charge in [-0.1, -0.05) is 6.92 Å². The molecule has 1 aliphatic rings. The van der Waals surface area contributed by atoms with Crippen LogP contribution in [0.3, 0.4) is 0 Å². The summed E-state index contributed by atoms with van der Waals surface area (Å²) in [6.45, 7) is 2.26. The minimum Gasteiger partial charge on any atom is -0.476 e. The molecular formula is C9H11N3O4. The average molecular weight is 225 g/mol. The van der Waals surface area contributed by atoms with Crippen LogP contribution < -0.4 is 0 Å². The zero-order valence-corrected chi connectivity index (χ0v) is 8.60. The number of fused-ring (bicyclic) bond motifs is 1. The lowest BCUT2D eigenvalue weighted by Crippen LogP contribution is -2.36. The van der Waals surface area contributed by atoms with Gasteiger partial charge in [-0.2, -0.15) is 5.10 Å². The summed E-state index contributed by atoms with van der Waals surface area (Å²) in [5, 5.41) is 24.2. The molecule has 1 atom stereocenters. The van der Waals surface area contributed by atoms with Crippen LogP contribution in [0.4, 0.5) is 4.79 Å². The number of rotatable bonds is 1. The van der Waals surface area contributed by atoms with E-state index in [1.54, 1.807) is 0 Å². The zero-order valence-electron chi connectivity index (χ0n) is 8.60. The summed E-state index contributed by atoms with van der Waals surface area (Å²) in [5.41, 5.74) is 1.09. The van der Waals surface area contributed by atoms with E-state index in [1.807, 2.05) is 6.92 Å². The lowest BCUT2D eigenvalue weighted by molar-refractivity contribution is 0.0686. The maximum Gasteiger partial charge on any atom is 0.407 e. The third-order valence-electron chi connectivity index (χ3n) is 2.71. The molecule has 0 spiro atoms. The standard InChI is InChI=1S/C9H11N3O4/c1-4-2-12(9(15)16)3-5-6(4)10-11-7(5)8(13)14/h4H,2-3H2,1H3,(H,10,11)(H,13,14)(H,15,16). The molecule has 1 aromatic heterocycles. The first-order valence-corrected chi connectivity index (χ1v) is 4.79. The second-order valence-corrected chi connectivity index (χ2v) is 3.83. The summed E-state index contributed by atoms with van der Waals surface area (Å²) in [6, 6.07) is 0. The molecule has 0 aliphatic carbocycles.